The van der Waals surface area contributed by atoms with E-state index < -0.39 is 0 Å². The average Bonchev–Trinajstić information content (AvgIpc) is 2.41. The van der Waals surface area contributed by atoms with Crippen LogP contribution in [0.1, 0.15) is 41.0 Å². The van der Waals surface area contributed by atoms with Crippen molar-refractivity contribution in [1.82, 2.24) is 5.32 Å². The fourth-order valence-corrected chi connectivity index (χ4v) is 3.77. The summed E-state index contributed by atoms with van der Waals surface area (Å²) in [5.41, 5.74) is 0.775. The van der Waals surface area contributed by atoms with Crippen LogP contribution >= 0.6 is 11.8 Å². The van der Waals surface area contributed by atoms with Gasteiger partial charge in [0.1, 0.15) is 17.6 Å². The Balaban J connectivity index is 3.00. The topological polar surface area (TPSA) is 64.6 Å². The predicted molar refractivity (Wildman–Crippen MR) is 88.5 cm³/mol. The molecule has 1 amide bonds. The van der Waals surface area contributed by atoms with Crippen LogP contribution in [0.25, 0.3) is 0 Å². The van der Waals surface area contributed by atoms with Gasteiger partial charge in [-0.15, -0.1) is 11.8 Å². The second-order valence-corrected chi connectivity index (χ2v) is 6.97. The second-order valence-electron chi connectivity index (χ2n) is 5.88. The third kappa shape index (κ3) is 5.32. The molecule has 1 rings (SSSR count). The summed E-state index contributed by atoms with van der Waals surface area (Å²) in [6.07, 6.45) is 0.440. The molecule has 1 fully saturated rings. The zero-order chi connectivity index (χ0) is 16.9. The van der Waals surface area contributed by atoms with Crippen molar-refractivity contribution in [3.05, 3.63) is 12.2 Å². The molecule has 6 heteroatoms. The molecule has 0 aliphatic carbocycles. The number of thioether (sulfide) groups is 1. The molecule has 0 aromatic carbocycles. The van der Waals surface area contributed by atoms with E-state index in [9.17, 15) is 9.59 Å². The molecule has 1 unspecified atom stereocenters. The van der Waals surface area contributed by atoms with E-state index in [1.54, 1.807) is 11.8 Å². The molecule has 22 heavy (non-hydrogen) atoms. The maximum atomic E-state index is 11.6. The maximum Gasteiger partial charge on any atom is 0.302 e. The van der Waals surface area contributed by atoms with Crippen molar-refractivity contribution in [2.24, 2.45) is 5.92 Å². The van der Waals surface area contributed by atoms with E-state index >= 15 is 0 Å². The molecule has 0 radical (unpaired) electrons. The van der Waals surface area contributed by atoms with Crippen molar-refractivity contribution in [2.45, 2.75) is 64.7 Å². The van der Waals surface area contributed by atoms with Crippen LogP contribution in [-0.4, -0.2) is 41.3 Å². The van der Waals surface area contributed by atoms with Gasteiger partial charge in [0.25, 0.3) is 0 Å². The summed E-state index contributed by atoms with van der Waals surface area (Å²) in [5.74, 6) is 0.257. The highest BCUT2D eigenvalue weighted by molar-refractivity contribution is 8.00. The first kappa shape index (κ1) is 19.0. The minimum Gasteiger partial charge on any atom is -0.460 e. The van der Waals surface area contributed by atoms with Crippen LogP contribution in [-0.2, 0) is 19.1 Å². The Bertz CT molecular complexity index is 426. The molecular weight excluding hydrogens is 302 g/mol. The summed E-state index contributed by atoms with van der Waals surface area (Å²) in [6.45, 7) is 12.7. The SMILES string of the molecule is C=C(C)CSC1O[C@H](CC)[C@@H](C)[C@H](OC(C)=O)[C@H]1NC(C)=O. The third-order valence-corrected chi connectivity index (χ3v) is 5.02. The van der Waals surface area contributed by atoms with Gasteiger partial charge in [0, 0.05) is 25.5 Å². The van der Waals surface area contributed by atoms with Gasteiger partial charge in [-0.2, -0.15) is 0 Å². The number of nitrogens with one attached hydrogen (secondary N) is 1. The van der Waals surface area contributed by atoms with Crippen LogP contribution in [0.3, 0.4) is 0 Å². The number of carbonyl (C=O) groups excluding carboxylic acids is 2. The molecule has 126 valence electrons. The molecule has 1 heterocycles. The third-order valence-electron chi connectivity index (χ3n) is 3.63. The number of ether oxygens (including phenoxy) is 2. The molecular formula is C16H27NO4S. The highest BCUT2D eigenvalue weighted by atomic mass is 32.2. The quantitative estimate of drug-likeness (QED) is 0.599. The van der Waals surface area contributed by atoms with Gasteiger partial charge in [-0.1, -0.05) is 26.0 Å². The molecule has 5 nitrogen and oxygen atoms in total. The first-order valence-corrected chi connectivity index (χ1v) is 8.66. The Morgan fingerprint density at radius 3 is 2.41 bits per heavy atom. The minimum atomic E-state index is -0.386. The molecule has 0 saturated carbocycles. The van der Waals surface area contributed by atoms with E-state index in [0.29, 0.717) is 0 Å². The fourth-order valence-electron chi connectivity index (χ4n) is 2.67. The Kier molecular flexibility index (Phi) is 7.42. The lowest BCUT2D eigenvalue weighted by atomic mass is 9.88. The van der Waals surface area contributed by atoms with Crippen LogP contribution in [0.2, 0.25) is 0 Å². The summed E-state index contributed by atoms with van der Waals surface area (Å²) in [7, 11) is 0. The van der Waals surface area contributed by atoms with E-state index in [1.807, 2.05) is 20.8 Å². The van der Waals surface area contributed by atoms with Crippen molar-refractivity contribution in [3.63, 3.8) is 0 Å². The number of hydrogen-bond donors (Lipinski definition) is 1. The monoisotopic (exact) mass is 329 g/mol. The van der Waals surface area contributed by atoms with Gasteiger partial charge < -0.3 is 14.8 Å². The molecule has 1 aliphatic heterocycles. The normalized spacial score (nSPS) is 31.4. The van der Waals surface area contributed by atoms with E-state index in [-0.39, 0.29) is 41.5 Å². The first-order chi connectivity index (χ1) is 10.3. The lowest BCUT2D eigenvalue weighted by Crippen LogP contribution is -2.60. The summed E-state index contributed by atoms with van der Waals surface area (Å²) in [4.78, 5) is 23.0. The summed E-state index contributed by atoms with van der Waals surface area (Å²) < 4.78 is 11.7. The van der Waals surface area contributed by atoms with E-state index in [4.69, 9.17) is 9.47 Å². The molecule has 0 spiro atoms. The van der Waals surface area contributed by atoms with E-state index in [0.717, 1.165) is 17.7 Å². The van der Waals surface area contributed by atoms with Crippen molar-refractivity contribution < 1.29 is 19.1 Å². The summed E-state index contributed by atoms with van der Waals surface area (Å²) >= 11 is 1.58. The molecule has 0 bridgehead atoms. The van der Waals surface area contributed by atoms with E-state index in [2.05, 4.69) is 11.9 Å². The van der Waals surface area contributed by atoms with Gasteiger partial charge in [0.2, 0.25) is 5.91 Å². The van der Waals surface area contributed by atoms with Crippen LogP contribution in [0.5, 0.6) is 0 Å². The van der Waals surface area contributed by atoms with Crippen LogP contribution < -0.4 is 5.32 Å². The van der Waals surface area contributed by atoms with E-state index in [1.165, 1.54) is 13.8 Å². The largest absolute Gasteiger partial charge is 0.460 e. The van der Waals surface area contributed by atoms with Gasteiger partial charge in [-0.3, -0.25) is 9.59 Å². The van der Waals surface area contributed by atoms with Gasteiger partial charge >= 0.3 is 5.97 Å². The van der Waals surface area contributed by atoms with Gasteiger partial charge in [-0.05, 0) is 13.3 Å². The van der Waals surface area contributed by atoms with Gasteiger partial charge in [-0.25, -0.2) is 0 Å². The number of hydrogen-bond acceptors (Lipinski definition) is 5. The zero-order valence-electron chi connectivity index (χ0n) is 14.0. The summed E-state index contributed by atoms with van der Waals surface area (Å²) in [6, 6.07) is -0.358. The molecule has 5 atom stereocenters. The molecule has 0 aromatic rings. The van der Waals surface area contributed by atoms with Gasteiger partial charge in [0.15, 0.2) is 0 Å². The lowest BCUT2D eigenvalue weighted by molar-refractivity contribution is -0.171. The van der Waals surface area contributed by atoms with Crippen molar-refractivity contribution in [3.8, 4) is 0 Å². The maximum absolute atomic E-state index is 11.6. The Morgan fingerprint density at radius 1 is 1.32 bits per heavy atom. The standard InChI is InChI=1S/C16H27NO4S/c1-7-13-10(4)15(20-12(6)19)14(17-11(5)18)16(21-13)22-8-9(2)3/h10,13-16H,2,7-8H2,1,3-6H3,(H,17,18)/t10-,13-,14-,15+,16?/m1/s1. The first-order valence-electron chi connectivity index (χ1n) is 7.62. The lowest BCUT2D eigenvalue weighted by Gasteiger charge is -2.45. The average molecular weight is 329 g/mol. The van der Waals surface area contributed by atoms with Crippen molar-refractivity contribution in [2.75, 3.05) is 5.75 Å². The molecule has 1 saturated heterocycles. The minimum absolute atomic E-state index is 0.00280. The Hall–Kier alpha value is -1.01. The molecule has 1 aliphatic rings. The highest BCUT2D eigenvalue weighted by Gasteiger charge is 2.45. The Labute approximate surface area is 137 Å². The van der Waals surface area contributed by atoms with Crippen molar-refractivity contribution in [1.29, 1.82) is 0 Å². The number of carbonyl (C=O) groups is 2. The smallest absolute Gasteiger partial charge is 0.302 e. The van der Waals surface area contributed by atoms with Crippen LogP contribution in [0, 0.1) is 5.92 Å². The molecule has 1 N–H and O–H groups in total. The van der Waals surface area contributed by atoms with Gasteiger partial charge in [0.05, 0.1) is 6.10 Å². The van der Waals surface area contributed by atoms with Crippen LogP contribution in [0.15, 0.2) is 12.2 Å². The summed E-state index contributed by atoms with van der Waals surface area (Å²) in [5, 5.41) is 2.89. The second kappa shape index (κ2) is 8.58. The number of esters is 1. The zero-order valence-corrected chi connectivity index (χ0v) is 14.9. The fraction of sp³-hybridized carbons (Fsp3) is 0.750. The number of rotatable bonds is 6. The molecule has 0 aromatic heterocycles. The Morgan fingerprint density at radius 2 is 1.95 bits per heavy atom. The highest BCUT2D eigenvalue weighted by Crippen LogP contribution is 2.35. The predicted octanol–water partition coefficient (Wildman–Crippen LogP) is 2.50. The van der Waals surface area contributed by atoms with Crippen molar-refractivity contribution >= 4 is 23.6 Å². The van der Waals surface area contributed by atoms with Crippen LogP contribution in [0.4, 0.5) is 0 Å². The number of amides is 1.